The summed E-state index contributed by atoms with van der Waals surface area (Å²) < 4.78 is 5.26. The molecule has 0 aliphatic rings. The van der Waals surface area contributed by atoms with E-state index in [0.29, 0.717) is 32.2 Å². The monoisotopic (exact) mass is 621 g/mol. The van der Waals surface area contributed by atoms with Crippen molar-refractivity contribution in [2.75, 3.05) is 6.54 Å². The Bertz CT molecular complexity index is 888. The van der Waals surface area contributed by atoms with E-state index in [9.17, 15) is 24.0 Å². The molecule has 0 unspecified atom stereocenters. The van der Waals surface area contributed by atoms with E-state index in [1.54, 1.807) is 13.8 Å². The SMILES string of the molecule is CCCCCCCCCCCCCCCC(=O)N[C@@H](CCCCNC(C)=O)C(=O)N[C@@H](CCC(=O)C=[N+]=[N-])C(=O)OC(C)C. The van der Waals surface area contributed by atoms with E-state index in [1.807, 2.05) is 0 Å². The summed E-state index contributed by atoms with van der Waals surface area (Å²) in [4.78, 5) is 64.3. The van der Waals surface area contributed by atoms with Crippen LogP contribution in [0.2, 0.25) is 0 Å². The maximum absolute atomic E-state index is 13.3. The third kappa shape index (κ3) is 24.4. The lowest BCUT2D eigenvalue weighted by Crippen LogP contribution is -2.52. The molecule has 0 rings (SSSR count). The fourth-order valence-electron chi connectivity index (χ4n) is 4.83. The fraction of sp³-hybridized carbons (Fsp3) is 0.818. The topological polar surface area (TPSA) is 167 Å². The summed E-state index contributed by atoms with van der Waals surface area (Å²) in [5.74, 6) is -2.12. The standard InChI is InChI=1S/C33H59N5O6/c1-5-6-7-8-9-10-11-12-13-14-15-16-17-21-31(41)37-29(20-18-19-24-35-27(4)39)32(42)38-30(33(43)44-26(2)3)23-22-28(40)25-36-34/h25-26,29-30H,5-24H2,1-4H3,(H,35,39)(H,37,41)(H,38,42)/t29-,30-/m0/s1. The molecule has 0 aromatic rings. The van der Waals surface area contributed by atoms with Crippen molar-refractivity contribution in [2.45, 2.75) is 168 Å². The minimum Gasteiger partial charge on any atom is -0.461 e. The van der Waals surface area contributed by atoms with Gasteiger partial charge in [-0.2, -0.15) is 4.79 Å². The van der Waals surface area contributed by atoms with Crippen LogP contribution in [0.3, 0.4) is 0 Å². The molecule has 0 bridgehead atoms. The van der Waals surface area contributed by atoms with Gasteiger partial charge in [0.25, 0.3) is 0 Å². The van der Waals surface area contributed by atoms with E-state index >= 15 is 0 Å². The van der Waals surface area contributed by atoms with E-state index in [-0.39, 0.29) is 24.7 Å². The summed E-state index contributed by atoms with van der Waals surface area (Å²) in [5, 5.41) is 8.17. The van der Waals surface area contributed by atoms with Gasteiger partial charge in [0.2, 0.25) is 23.5 Å². The Kier molecular flexibility index (Phi) is 25.6. The van der Waals surface area contributed by atoms with E-state index in [2.05, 4.69) is 27.7 Å². The number of Topliss-reactive ketones (excluding diaryl/α,β-unsaturated/α-hetero) is 1. The van der Waals surface area contributed by atoms with Crippen LogP contribution >= 0.6 is 0 Å². The van der Waals surface area contributed by atoms with Gasteiger partial charge in [0.15, 0.2) is 0 Å². The zero-order valence-electron chi connectivity index (χ0n) is 27.8. The number of carbonyl (C=O) groups excluding carboxylic acids is 5. The van der Waals surface area contributed by atoms with Crippen LogP contribution in [0.1, 0.15) is 150 Å². The van der Waals surface area contributed by atoms with Crippen molar-refractivity contribution in [3.8, 4) is 0 Å². The Morgan fingerprint density at radius 2 is 1.30 bits per heavy atom. The molecule has 0 saturated heterocycles. The van der Waals surface area contributed by atoms with Crippen molar-refractivity contribution in [3.05, 3.63) is 5.53 Å². The van der Waals surface area contributed by atoms with Crippen molar-refractivity contribution in [3.63, 3.8) is 0 Å². The molecule has 0 aromatic carbocycles. The summed E-state index contributed by atoms with van der Waals surface area (Å²) in [6.45, 7) is 7.47. The molecule has 0 heterocycles. The number of hydrogen-bond donors (Lipinski definition) is 3. The molecule has 252 valence electrons. The fourth-order valence-corrected chi connectivity index (χ4v) is 4.83. The molecule has 3 N–H and O–H groups in total. The van der Waals surface area contributed by atoms with Gasteiger partial charge in [-0.25, -0.2) is 4.79 Å². The number of nitrogens with zero attached hydrogens (tertiary/aromatic N) is 2. The first kappa shape index (κ1) is 40.9. The van der Waals surface area contributed by atoms with Gasteiger partial charge in [-0.1, -0.05) is 84.0 Å². The first-order valence-electron chi connectivity index (χ1n) is 16.9. The Morgan fingerprint density at radius 1 is 0.727 bits per heavy atom. The van der Waals surface area contributed by atoms with Gasteiger partial charge in [0.1, 0.15) is 12.1 Å². The normalized spacial score (nSPS) is 12.1. The zero-order valence-corrected chi connectivity index (χ0v) is 27.8. The Balaban J connectivity index is 4.82. The van der Waals surface area contributed by atoms with Gasteiger partial charge >= 0.3 is 12.2 Å². The summed E-state index contributed by atoms with van der Waals surface area (Å²) in [6, 6.07) is -1.99. The molecule has 0 aliphatic carbocycles. The van der Waals surface area contributed by atoms with Gasteiger partial charge in [-0.05, 0) is 46.0 Å². The third-order valence-corrected chi connectivity index (χ3v) is 7.29. The van der Waals surface area contributed by atoms with Crippen LogP contribution in [0.15, 0.2) is 0 Å². The Hall–Kier alpha value is -3.07. The van der Waals surface area contributed by atoms with Crippen LogP contribution in [0.25, 0.3) is 5.53 Å². The minimum atomic E-state index is -1.11. The van der Waals surface area contributed by atoms with Crippen LogP contribution in [0, 0.1) is 0 Å². The van der Waals surface area contributed by atoms with Crippen LogP contribution < -0.4 is 16.0 Å². The van der Waals surface area contributed by atoms with Crippen LogP contribution in [0.4, 0.5) is 0 Å². The summed E-state index contributed by atoms with van der Waals surface area (Å²) in [5.41, 5.74) is 8.58. The highest BCUT2D eigenvalue weighted by atomic mass is 16.5. The molecule has 3 amide bonds. The molecule has 44 heavy (non-hydrogen) atoms. The highest BCUT2D eigenvalue weighted by molar-refractivity contribution is 6.25. The molecule has 11 heteroatoms. The number of esters is 1. The molecule has 0 spiro atoms. The highest BCUT2D eigenvalue weighted by Gasteiger charge is 2.28. The molecule has 0 aromatic heterocycles. The second-order valence-electron chi connectivity index (χ2n) is 11.9. The predicted octanol–water partition coefficient (Wildman–Crippen LogP) is 5.35. The van der Waals surface area contributed by atoms with Gasteiger partial charge in [-0.15, -0.1) is 0 Å². The summed E-state index contributed by atoms with van der Waals surface area (Å²) >= 11 is 0. The average molecular weight is 622 g/mol. The first-order valence-corrected chi connectivity index (χ1v) is 16.9. The lowest BCUT2D eigenvalue weighted by Gasteiger charge is -2.23. The average Bonchev–Trinajstić information content (AvgIpc) is 2.96. The summed E-state index contributed by atoms with van der Waals surface area (Å²) in [7, 11) is 0. The lowest BCUT2D eigenvalue weighted by molar-refractivity contribution is -0.152. The van der Waals surface area contributed by atoms with Gasteiger partial charge in [0.05, 0.1) is 6.10 Å². The van der Waals surface area contributed by atoms with Crippen LogP contribution in [-0.2, 0) is 28.7 Å². The van der Waals surface area contributed by atoms with Crippen LogP contribution in [-0.4, -0.2) is 65.2 Å². The number of hydrogen-bond acceptors (Lipinski definition) is 6. The largest absolute Gasteiger partial charge is 0.461 e. The number of amides is 3. The Labute approximate surface area is 265 Å². The minimum absolute atomic E-state index is 0.0513. The number of unbranched alkanes of at least 4 members (excludes halogenated alkanes) is 13. The molecule has 0 saturated carbocycles. The van der Waals surface area contributed by atoms with E-state index in [1.165, 1.54) is 64.7 Å². The maximum atomic E-state index is 13.3. The number of carbonyl (C=O) groups is 5. The van der Waals surface area contributed by atoms with Crippen molar-refractivity contribution in [2.24, 2.45) is 0 Å². The van der Waals surface area contributed by atoms with E-state index in [0.717, 1.165) is 31.9 Å². The van der Waals surface area contributed by atoms with Crippen LogP contribution in [0.5, 0.6) is 0 Å². The molecule has 11 nitrogen and oxygen atoms in total. The van der Waals surface area contributed by atoms with E-state index in [4.69, 9.17) is 10.3 Å². The van der Waals surface area contributed by atoms with Crippen molar-refractivity contribution >= 4 is 35.7 Å². The number of ether oxygens (including phenoxy) is 1. The number of ketones is 1. The molecule has 0 fully saturated rings. The Morgan fingerprint density at radius 3 is 1.82 bits per heavy atom. The van der Waals surface area contributed by atoms with E-state index < -0.39 is 35.8 Å². The first-order chi connectivity index (χ1) is 21.1. The number of nitrogens with one attached hydrogen (secondary N) is 3. The summed E-state index contributed by atoms with van der Waals surface area (Å²) in [6.07, 6.45) is 17.6. The van der Waals surface area contributed by atoms with Gasteiger partial charge in [-0.3, -0.25) is 19.2 Å². The molecule has 2 atom stereocenters. The second-order valence-corrected chi connectivity index (χ2v) is 11.9. The smallest absolute Gasteiger partial charge is 0.328 e. The molecular formula is C33H59N5O6. The maximum Gasteiger partial charge on any atom is 0.328 e. The van der Waals surface area contributed by atoms with Gasteiger partial charge in [0, 0.05) is 26.3 Å². The van der Waals surface area contributed by atoms with Crippen molar-refractivity contribution < 1.29 is 33.5 Å². The highest BCUT2D eigenvalue weighted by Crippen LogP contribution is 2.13. The van der Waals surface area contributed by atoms with Crippen molar-refractivity contribution in [1.29, 1.82) is 0 Å². The molecular weight excluding hydrogens is 562 g/mol. The van der Waals surface area contributed by atoms with Crippen molar-refractivity contribution in [1.82, 2.24) is 16.0 Å². The number of rotatable bonds is 28. The third-order valence-electron chi connectivity index (χ3n) is 7.29. The van der Waals surface area contributed by atoms with Gasteiger partial charge < -0.3 is 26.2 Å². The molecule has 0 aliphatic heterocycles. The zero-order chi connectivity index (χ0) is 33.0. The lowest BCUT2D eigenvalue weighted by atomic mass is 10.0. The quantitative estimate of drug-likeness (QED) is 0.0350. The predicted molar refractivity (Wildman–Crippen MR) is 172 cm³/mol. The molecule has 0 radical (unpaired) electrons. The second kappa shape index (κ2) is 27.5.